The number of benzene rings is 1. The highest BCUT2D eigenvalue weighted by molar-refractivity contribution is 7.14. The van der Waals surface area contributed by atoms with E-state index in [1.807, 2.05) is 10.3 Å². The quantitative estimate of drug-likeness (QED) is 0.420. The van der Waals surface area contributed by atoms with Crippen LogP contribution in [0.3, 0.4) is 0 Å². The van der Waals surface area contributed by atoms with E-state index in [2.05, 4.69) is 31.7 Å². The Labute approximate surface area is 184 Å². The summed E-state index contributed by atoms with van der Waals surface area (Å²) in [5.41, 5.74) is 2.47. The van der Waals surface area contributed by atoms with E-state index in [4.69, 9.17) is 4.98 Å². The Morgan fingerprint density at radius 1 is 0.935 bits per heavy atom. The van der Waals surface area contributed by atoms with Crippen LogP contribution in [0.25, 0.3) is 21.5 Å². The number of para-hydroxylation sites is 1. The van der Waals surface area contributed by atoms with Crippen LogP contribution in [-0.2, 0) is 12.7 Å². The van der Waals surface area contributed by atoms with Crippen molar-refractivity contribution in [2.45, 2.75) is 12.7 Å². The molecule has 1 saturated heterocycles. The van der Waals surface area contributed by atoms with Crippen LogP contribution in [0, 0.1) is 0 Å². The van der Waals surface area contributed by atoms with Crippen molar-refractivity contribution in [3.8, 4) is 10.6 Å². The minimum atomic E-state index is -4.58. The van der Waals surface area contributed by atoms with E-state index in [9.17, 15) is 13.2 Å². The normalized spacial score (nSPS) is 15.6. The standard InChI is InChI=1S/C21H18F3N5S2/c22-21(23,24)20-26-17-4-2-1-3-16(17)18(27-20)29-8-6-28(7-9-29)11-15-13-31-19(25-15)14-5-10-30-12-14/h1-5,10,12-13H,6-9,11H2. The van der Waals surface area contributed by atoms with E-state index >= 15 is 0 Å². The van der Waals surface area contributed by atoms with E-state index in [-0.39, 0.29) is 0 Å². The van der Waals surface area contributed by atoms with Crippen molar-refractivity contribution in [3.05, 3.63) is 58.0 Å². The van der Waals surface area contributed by atoms with Gasteiger partial charge in [0.05, 0.1) is 11.2 Å². The van der Waals surface area contributed by atoms with E-state index < -0.39 is 12.0 Å². The van der Waals surface area contributed by atoms with Gasteiger partial charge in [0.2, 0.25) is 5.82 Å². The van der Waals surface area contributed by atoms with Crippen LogP contribution >= 0.6 is 22.7 Å². The molecule has 1 fully saturated rings. The van der Waals surface area contributed by atoms with Crippen molar-refractivity contribution in [1.82, 2.24) is 19.9 Å². The summed E-state index contributed by atoms with van der Waals surface area (Å²) in [6, 6.07) is 8.92. The molecule has 0 N–H and O–H groups in total. The number of alkyl halides is 3. The molecule has 1 aromatic carbocycles. The molecule has 3 aromatic heterocycles. The van der Waals surface area contributed by atoms with Crippen molar-refractivity contribution < 1.29 is 13.2 Å². The third-order valence-electron chi connectivity index (χ3n) is 5.21. The number of piperazine rings is 1. The Kier molecular flexibility index (Phi) is 5.37. The summed E-state index contributed by atoms with van der Waals surface area (Å²) in [6.07, 6.45) is -4.58. The SMILES string of the molecule is FC(F)(F)c1nc(N2CCN(Cc3csc(-c4ccsc4)n3)CC2)c2ccccc2n1. The number of nitrogens with zero attached hydrogens (tertiary/aromatic N) is 5. The number of rotatable bonds is 4. The van der Waals surface area contributed by atoms with Crippen molar-refractivity contribution in [2.75, 3.05) is 31.1 Å². The Morgan fingerprint density at radius 2 is 1.74 bits per heavy atom. The van der Waals surface area contributed by atoms with Crippen LogP contribution in [-0.4, -0.2) is 46.0 Å². The minimum absolute atomic E-state index is 0.311. The van der Waals surface area contributed by atoms with Gasteiger partial charge in [0.25, 0.3) is 0 Å². The van der Waals surface area contributed by atoms with E-state index in [0.717, 1.165) is 35.9 Å². The lowest BCUT2D eigenvalue weighted by atomic mass is 10.2. The number of hydrogen-bond acceptors (Lipinski definition) is 7. The van der Waals surface area contributed by atoms with Crippen LogP contribution in [0.2, 0.25) is 0 Å². The van der Waals surface area contributed by atoms with Gasteiger partial charge >= 0.3 is 6.18 Å². The zero-order valence-corrected chi connectivity index (χ0v) is 18.0. The van der Waals surface area contributed by atoms with Crippen LogP contribution in [0.1, 0.15) is 11.5 Å². The van der Waals surface area contributed by atoms with Crippen LogP contribution in [0.4, 0.5) is 19.0 Å². The summed E-state index contributed by atoms with van der Waals surface area (Å²) in [7, 11) is 0. The molecule has 0 radical (unpaired) electrons. The largest absolute Gasteiger partial charge is 0.451 e. The summed E-state index contributed by atoms with van der Waals surface area (Å²) in [5, 5.41) is 7.86. The highest BCUT2D eigenvalue weighted by Crippen LogP contribution is 2.32. The summed E-state index contributed by atoms with van der Waals surface area (Å²) in [4.78, 5) is 16.5. The van der Waals surface area contributed by atoms with Gasteiger partial charge in [-0.05, 0) is 23.6 Å². The van der Waals surface area contributed by atoms with Gasteiger partial charge in [-0.3, -0.25) is 4.90 Å². The number of halogens is 3. The summed E-state index contributed by atoms with van der Waals surface area (Å²) in [5.74, 6) is -0.738. The third kappa shape index (κ3) is 4.28. The molecule has 0 bridgehead atoms. The molecule has 4 heterocycles. The van der Waals surface area contributed by atoms with Crippen molar-refractivity contribution >= 4 is 39.4 Å². The van der Waals surface area contributed by atoms with Gasteiger partial charge in [-0.25, -0.2) is 15.0 Å². The summed E-state index contributed by atoms with van der Waals surface area (Å²) in [6.45, 7) is 3.38. The predicted octanol–water partition coefficient (Wildman–Crippen LogP) is 5.16. The summed E-state index contributed by atoms with van der Waals surface area (Å²) >= 11 is 3.28. The highest BCUT2D eigenvalue weighted by atomic mass is 32.1. The van der Waals surface area contributed by atoms with Crippen molar-refractivity contribution in [3.63, 3.8) is 0 Å². The molecular formula is C21H18F3N5S2. The molecule has 0 atom stereocenters. The monoisotopic (exact) mass is 461 g/mol. The Bertz CT molecular complexity index is 1180. The molecule has 5 nitrogen and oxygen atoms in total. The minimum Gasteiger partial charge on any atom is -0.353 e. The second kappa shape index (κ2) is 8.18. The summed E-state index contributed by atoms with van der Waals surface area (Å²) < 4.78 is 39.9. The van der Waals surface area contributed by atoms with E-state index in [1.165, 1.54) is 0 Å². The lowest BCUT2D eigenvalue weighted by Crippen LogP contribution is -2.46. The topological polar surface area (TPSA) is 45.2 Å². The Morgan fingerprint density at radius 3 is 2.48 bits per heavy atom. The maximum absolute atomic E-state index is 13.3. The van der Waals surface area contributed by atoms with Gasteiger partial charge < -0.3 is 4.90 Å². The third-order valence-corrected chi connectivity index (χ3v) is 6.84. The maximum atomic E-state index is 13.3. The lowest BCUT2D eigenvalue weighted by Gasteiger charge is -2.35. The lowest BCUT2D eigenvalue weighted by molar-refractivity contribution is -0.144. The second-order valence-corrected chi connectivity index (χ2v) is 8.94. The predicted molar refractivity (Wildman–Crippen MR) is 117 cm³/mol. The first-order chi connectivity index (χ1) is 15.0. The molecule has 5 rings (SSSR count). The first-order valence-corrected chi connectivity index (χ1v) is 11.6. The van der Waals surface area contributed by atoms with Crippen LogP contribution in [0.5, 0.6) is 0 Å². The zero-order valence-electron chi connectivity index (χ0n) is 16.3. The average molecular weight is 462 g/mol. The van der Waals surface area contributed by atoms with Gasteiger partial charge in [-0.15, -0.1) is 11.3 Å². The smallest absolute Gasteiger partial charge is 0.353 e. The second-order valence-electron chi connectivity index (χ2n) is 7.30. The first-order valence-electron chi connectivity index (χ1n) is 9.75. The van der Waals surface area contributed by atoms with Gasteiger partial charge in [-0.2, -0.15) is 24.5 Å². The highest BCUT2D eigenvalue weighted by Gasteiger charge is 2.36. The van der Waals surface area contributed by atoms with Gasteiger partial charge in [0.1, 0.15) is 10.8 Å². The number of anilines is 1. The number of fused-ring (bicyclic) bond motifs is 1. The van der Waals surface area contributed by atoms with Gasteiger partial charge in [0, 0.05) is 54.4 Å². The average Bonchev–Trinajstić information content (AvgIpc) is 3.45. The van der Waals surface area contributed by atoms with Crippen LogP contribution < -0.4 is 4.90 Å². The maximum Gasteiger partial charge on any atom is 0.451 e. The van der Waals surface area contributed by atoms with E-state index in [0.29, 0.717) is 29.8 Å². The molecular weight excluding hydrogens is 443 g/mol. The molecule has 160 valence electrons. The zero-order chi connectivity index (χ0) is 21.4. The molecule has 1 aliphatic heterocycles. The number of thiophene rings is 1. The fourth-order valence-corrected chi connectivity index (χ4v) is 5.20. The van der Waals surface area contributed by atoms with E-state index in [1.54, 1.807) is 46.9 Å². The fraction of sp³-hybridized carbons (Fsp3) is 0.286. The molecule has 1 aliphatic rings. The van der Waals surface area contributed by atoms with Crippen LogP contribution in [0.15, 0.2) is 46.5 Å². The van der Waals surface area contributed by atoms with Crippen molar-refractivity contribution in [2.24, 2.45) is 0 Å². The molecule has 0 amide bonds. The van der Waals surface area contributed by atoms with Crippen molar-refractivity contribution in [1.29, 1.82) is 0 Å². The molecule has 31 heavy (non-hydrogen) atoms. The Balaban J connectivity index is 1.31. The molecule has 0 aliphatic carbocycles. The van der Waals surface area contributed by atoms with Gasteiger partial charge in [0.15, 0.2) is 0 Å². The molecule has 0 unspecified atom stereocenters. The number of hydrogen-bond donors (Lipinski definition) is 0. The fourth-order valence-electron chi connectivity index (χ4n) is 3.67. The number of thiazole rings is 1. The molecule has 10 heteroatoms. The molecule has 4 aromatic rings. The Hall–Kier alpha value is -2.56. The first kappa shape index (κ1) is 20.3. The molecule has 0 spiro atoms. The molecule has 0 saturated carbocycles. The number of aromatic nitrogens is 3. The van der Waals surface area contributed by atoms with Gasteiger partial charge in [-0.1, -0.05) is 12.1 Å².